The fraction of sp³-hybridized carbons (Fsp3) is 0.357. The lowest BCUT2D eigenvalue weighted by Crippen LogP contribution is -1.99. The summed E-state index contributed by atoms with van der Waals surface area (Å²) < 4.78 is 17.9. The highest BCUT2D eigenvalue weighted by Crippen LogP contribution is 2.12. The van der Waals surface area contributed by atoms with Crippen molar-refractivity contribution in [1.82, 2.24) is 10.1 Å². The third-order valence-corrected chi connectivity index (χ3v) is 2.75. The predicted octanol–water partition coefficient (Wildman–Crippen LogP) is 2.89. The molecule has 1 heterocycles. The molecule has 1 aromatic heterocycles. The molecule has 0 radical (unpaired) electrons. The van der Waals surface area contributed by atoms with Crippen LogP contribution in [0.1, 0.15) is 30.6 Å². The van der Waals surface area contributed by atoms with E-state index in [1.807, 2.05) is 6.92 Å². The molecule has 0 fully saturated rings. The molecular weight excluding hydrogens is 245 g/mol. The van der Waals surface area contributed by atoms with Gasteiger partial charge in [-0.2, -0.15) is 10.2 Å². The summed E-state index contributed by atoms with van der Waals surface area (Å²) in [4.78, 5) is 4.27. The maximum Gasteiger partial charge on any atom is 0.226 e. The van der Waals surface area contributed by atoms with Crippen molar-refractivity contribution in [2.24, 2.45) is 5.92 Å². The maximum absolute atomic E-state index is 12.8. The Bertz CT molecular complexity index is 571. The first kappa shape index (κ1) is 13.2. The molecule has 1 aromatic carbocycles. The molecule has 2 rings (SSSR count). The molecule has 0 bridgehead atoms. The van der Waals surface area contributed by atoms with Gasteiger partial charge in [-0.05, 0) is 23.6 Å². The van der Waals surface area contributed by atoms with Crippen molar-refractivity contribution >= 4 is 0 Å². The van der Waals surface area contributed by atoms with Crippen molar-refractivity contribution in [2.45, 2.75) is 26.2 Å². The molecule has 0 saturated carbocycles. The minimum absolute atomic E-state index is 0.198. The first-order valence-corrected chi connectivity index (χ1v) is 6.10. The van der Waals surface area contributed by atoms with Gasteiger partial charge in [-0.25, -0.2) is 4.39 Å². The molecule has 0 saturated heterocycles. The SMILES string of the molecule is CC(CC#N)Cc1nc(Cc2ccc(F)cc2)no1. The van der Waals surface area contributed by atoms with E-state index in [1.165, 1.54) is 12.1 Å². The van der Waals surface area contributed by atoms with Crippen molar-refractivity contribution in [3.8, 4) is 6.07 Å². The van der Waals surface area contributed by atoms with E-state index in [-0.39, 0.29) is 11.7 Å². The van der Waals surface area contributed by atoms with E-state index in [9.17, 15) is 4.39 Å². The number of hydrogen-bond acceptors (Lipinski definition) is 4. The largest absolute Gasteiger partial charge is 0.339 e. The molecule has 4 nitrogen and oxygen atoms in total. The van der Waals surface area contributed by atoms with Crippen LogP contribution in [0.5, 0.6) is 0 Å². The lowest BCUT2D eigenvalue weighted by Gasteiger charge is -2.00. The third-order valence-electron chi connectivity index (χ3n) is 2.75. The van der Waals surface area contributed by atoms with Crippen molar-refractivity contribution in [3.63, 3.8) is 0 Å². The van der Waals surface area contributed by atoms with Gasteiger partial charge in [-0.1, -0.05) is 24.2 Å². The van der Waals surface area contributed by atoms with Crippen molar-refractivity contribution < 1.29 is 8.91 Å². The molecule has 19 heavy (non-hydrogen) atoms. The number of halogens is 1. The summed E-state index contributed by atoms with van der Waals surface area (Å²) in [6, 6.07) is 8.33. The van der Waals surface area contributed by atoms with Crippen LogP contribution in [0.15, 0.2) is 28.8 Å². The minimum Gasteiger partial charge on any atom is -0.339 e. The second-order valence-electron chi connectivity index (χ2n) is 4.58. The summed E-state index contributed by atoms with van der Waals surface area (Å²) in [7, 11) is 0. The molecule has 0 aliphatic carbocycles. The van der Waals surface area contributed by atoms with E-state index in [0.29, 0.717) is 31.0 Å². The van der Waals surface area contributed by atoms with Gasteiger partial charge >= 0.3 is 0 Å². The normalized spacial score (nSPS) is 12.1. The summed E-state index contributed by atoms with van der Waals surface area (Å²) in [5, 5.41) is 12.5. The Morgan fingerprint density at radius 2 is 2.11 bits per heavy atom. The first-order chi connectivity index (χ1) is 9.17. The topological polar surface area (TPSA) is 62.7 Å². The third kappa shape index (κ3) is 3.88. The molecule has 0 N–H and O–H groups in total. The van der Waals surface area contributed by atoms with Crippen LogP contribution in [-0.2, 0) is 12.8 Å². The summed E-state index contributed by atoms with van der Waals surface area (Å²) in [5.74, 6) is 1.05. The van der Waals surface area contributed by atoms with Gasteiger partial charge in [0.05, 0.1) is 6.07 Å². The number of aromatic nitrogens is 2. The molecule has 0 spiro atoms. The van der Waals surface area contributed by atoms with Crippen molar-refractivity contribution in [2.75, 3.05) is 0 Å². The average Bonchev–Trinajstić information content (AvgIpc) is 2.80. The Kier molecular flexibility index (Phi) is 4.24. The zero-order valence-corrected chi connectivity index (χ0v) is 10.6. The van der Waals surface area contributed by atoms with E-state index in [0.717, 1.165) is 5.56 Å². The van der Waals surface area contributed by atoms with Gasteiger partial charge in [0.25, 0.3) is 0 Å². The highest BCUT2D eigenvalue weighted by atomic mass is 19.1. The van der Waals surface area contributed by atoms with Crippen molar-refractivity contribution in [1.29, 1.82) is 5.26 Å². The standard InChI is InChI=1S/C14H14FN3O/c1-10(6-7-16)8-14-17-13(18-19-14)9-11-2-4-12(15)5-3-11/h2-5,10H,6,8-9H2,1H3. The number of benzene rings is 1. The van der Waals surface area contributed by atoms with Crippen LogP contribution in [0, 0.1) is 23.1 Å². The number of hydrogen-bond donors (Lipinski definition) is 0. The van der Waals surface area contributed by atoms with E-state index in [2.05, 4.69) is 16.2 Å². The number of rotatable bonds is 5. The van der Waals surface area contributed by atoms with Crippen LogP contribution in [0.25, 0.3) is 0 Å². The summed E-state index contributed by atoms with van der Waals surface area (Å²) in [5.41, 5.74) is 0.929. The van der Waals surface area contributed by atoms with E-state index in [4.69, 9.17) is 9.78 Å². The molecular formula is C14H14FN3O. The second-order valence-corrected chi connectivity index (χ2v) is 4.58. The predicted molar refractivity (Wildman–Crippen MR) is 66.6 cm³/mol. The van der Waals surface area contributed by atoms with Crippen LogP contribution in [-0.4, -0.2) is 10.1 Å². The van der Waals surface area contributed by atoms with Crippen LogP contribution < -0.4 is 0 Å². The Morgan fingerprint density at radius 3 is 2.79 bits per heavy atom. The van der Waals surface area contributed by atoms with Gasteiger partial charge in [-0.15, -0.1) is 0 Å². The maximum atomic E-state index is 12.8. The van der Waals surface area contributed by atoms with E-state index >= 15 is 0 Å². The summed E-state index contributed by atoms with van der Waals surface area (Å²) in [6.45, 7) is 1.97. The molecule has 98 valence electrons. The first-order valence-electron chi connectivity index (χ1n) is 6.10. The van der Waals surface area contributed by atoms with Gasteiger partial charge in [0, 0.05) is 19.3 Å². The van der Waals surface area contributed by atoms with Crippen LogP contribution in [0.3, 0.4) is 0 Å². The Morgan fingerprint density at radius 1 is 1.37 bits per heavy atom. The Labute approximate surface area is 110 Å². The fourth-order valence-corrected chi connectivity index (χ4v) is 1.76. The number of nitrogens with zero attached hydrogens (tertiary/aromatic N) is 3. The Hall–Kier alpha value is -2.22. The fourth-order valence-electron chi connectivity index (χ4n) is 1.76. The lowest BCUT2D eigenvalue weighted by atomic mass is 10.1. The van der Waals surface area contributed by atoms with E-state index in [1.54, 1.807) is 12.1 Å². The van der Waals surface area contributed by atoms with Gasteiger partial charge in [0.1, 0.15) is 5.82 Å². The second kappa shape index (κ2) is 6.10. The number of nitriles is 1. The molecule has 0 amide bonds. The molecule has 1 atom stereocenters. The molecule has 2 aromatic rings. The lowest BCUT2D eigenvalue weighted by molar-refractivity contribution is 0.355. The van der Waals surface area contributed by atoms with E-state index < -0.39 is 0 Å². The van der Waals surface area contributed by atoms with Crippen molar-refractivity contribution in [3.05, 3.63) is 47.4 Å². The van der Waals surface area contributed by atoms with Gasteiger partial charge in [-0.3, -0.25) is 0 Å². The zero-order chi connectivity index (χ0) is 13.7. The van der Waals surface area contributed by atoms with Gasteiger partial charge in [0.15, 0.2) is 5.82 Å². The zero-order valence-electron chi connectivity index (χ0n) is 10.6. The monoisotopic (exact) mass is 259 g/mol. The quantitative estimate of drug-likeness (QED) is 0.828. The van der Waals surface area contributed by atoms with Crippen LogP contribution in [0.4, 0.5) is 4.39 Å². The van der Waals surface area contributed by atoms with Crippen LogP contribution in [0.2, 0.25) is 0 Å². The molecule has 0 aliphatic rings. The Balaban J connectivity index is 1.97. The highest BCUT2D eigenvalue weighted by Gasteiger charge is 2.11. The average molecular weight is 259 g/mol. The molecule has 0 aliphatic heterocycles. The van der Waals surface area contributed by atoms with Gasteiger partial charge < -0.3 is 4.52 Å². The summed E-state index contributed by atoms with van der Waals surface area (Å²) >= 11 is 0. The smallest absolute Gasteiger partial charge is 0.226 e. The summed E-state index contributed by atoms with van der Waals surface area (Å²) in [6.07, 6.45) is 1.58. The highest BCUT2D eigenvalue weighted by molar-refractivity contribution is 5.19. The molecule has 5 heteroatoms. The minimum atomic E-state index is -0.261. The van der Waals surface area contributed by atoms with Gasteiger partial charge in [0.2, 0.25) is 5.89 Å². The van der Waals surface area contributed by atoms with Crippen LogP contribution >= 0.6 is 0 Å². The molecule has 1 unspecified atom stereocenters.